The zero-order chi connectivity index (χ0) is 15.4. The minimum Gasteiger partial charge on any atom is -0.488 e. The van der Waals surface area contributed by atoms with E-state index in [-0.39, 0.29) is 12.0 Å². The molecule has 0 spiro atoms. The molecule has 0 bridgehead atoms. The molecule has 2 aromatic rings. The maximum absolute atomic E-state index is 12.6. The average Bonchev–Trinajstić information content (AvgIpc) is 2.56. The molecule has 0 radical (unpaired) electrons. The quantitative estimate of drug-likeness (QED) is 0.840. The average molecular weight is 361 g/mol. The van der Waals surface area contributed by atoms with E-state index < -0.39 is 0 Å². The number of benzene rings is 1. The largest absolute Gasteiger partial charge is 0.488 e. The number of hydrogen-bond acceptors (Lipinski definition) is 3. The number of ether oxygens (including phenoxy) is 1. The minimum atomic E-state index is 0.0375. The number of hydrogen-bond donors (Lipinski definition) is 0. The second-order valence-electron chi connectivity index (χ2n) is 5.32. The predicted molar refractivity (Wildman–Crippen MR) is 87.9 cm³/mol. The Morgan fingerprint density at radius 1 is 1.18 bits per heavy atom. The van der Waals surface area contributed by atoms with Crippen molar-refractivity contribution in [3.05, 3.63) is 58.8 Å². The van der Waals surface area contributed by atoms with Crippen molar-refractivity contribution in [2.45, 2.75) is 18.9 Å². The number of nitrogens with zero attached hydrogens (tertiary/aromatic N) is 2. The van der Waals surface area contributed by atoms with Crippen LogP contribution in [-0.4, -0.2) is 35.0 Å². The SMILES string of the molecule is O=C(c1ccc(Br)cc1)N1CCCC(Oc2ccncc2)C1. The number of carbonyl (C=O) groups is 1. The summed E-state index contributed by atoms with van der Waals surface area (Å²) in [5.74, 6) is 0.869. The molecule has 1 aliphatic heterocycles. The summed E-state index contributed by atoms with van der Waals surface area (Å²) in [6, 6.07) is 11.2. The molecule has 1 saturated heterocycles. The fourth-order valence-corrected chi connectivity index (χ4v) is 2.87. The molecule has 114 valence electrons. The first kappa shape index (κ1) is 15.0. The van der Waals surface area contributed by atoms with Gasteiger partial charge >= 0.3 is 0 Å². The van der Waals surface area contributed by atoms with Crippen LogP contribution in [0.3, 0.4) is 0 Å². The number of piperidine rings is 1. The lowest BCUT2D eigenvalue weighted by Crippen LogP contribution is -2.44. The highest BCUT2D eigenvalue weighted by Crippen LogP contribution is 2.20. The lowest BCUT2D eigenvalue weighted by molar-refractivity contribution is 0.0538. The van der Waals surface area contributed by atoms with Crippen molar-refractivity contribution in [2.24, 2.45) is 0 Å². The van der Waals surface area contributed by atoms with Crippen molar-refractivity contribution < 1.29 is 9.53 Å². The Labute approximate surface area is 138 Å². The molecule has 1 unspecified atom stereocenters. The first-order valence-corrected chi connectivity index (χ1v) is 8.13. The van der Waals surface area contributed by atoms with Crippen molar-refractivity contribution in [2.75, 3.05) is 13.1 Å². The van der Waals surface area contributed by atoms with Gasteiger partial charge in [-0.05, 0) is 49.2 Å². The van der Waals surface area contributed by atoms with E-state index >= 15 is 0 Å². The van der Waals surface area contributed by atoms with Crippen molar-refractivity contribution >= 4 is 21.8 Å². The maximum atomic E-state index is 12.6. The van der Waals surface area contributed by atoms with Crippen molar-refractivity contribution in [1.29, 1.82) is 0 Å². The molecule has 1 aromatic carbocycles. The van der Waals surface area contributed by atoms with Gasteiger partial charge < -0.3 is 9.64 Å². The van der Waals surface area contributed by atoms with Gasteiger partial charge in [0.2, 0.25) is 0 Å². The van der Waals surface area contributed by atoms with Crippen LogP contribution >= 0.6 is 15.9 Å². The third-order valence-electron chi connectivity index (χ3n) is 3.71. The number of likely N-dealkylation sites (tertiary alicyclic amines) is 1. The summed E-state index contributed by atoms with van der Waals surface area (Å²) in [7, 11) is 0. The van der Waals surface area contributed by atoms with Crippen LogP contribution in [0.4, 0.5) is 0 Å². The van der Waals surface area contributed by atoms with Gasteiger partial charge in [0, 0.05) is 29.0 Å². The molecule has 0 N–H and O–H groups in total. The summed E-state index contributed by atoms with van der Waals surface area (Å²) in [5.41, 5.74) is 0.716. The van der Waals surface area contributed by atoms with Gasteiger partial charge in [-0.3, -0.25) is 9.78 Å². The topological polar surface area (TPSA) is 42.4 Å². The highest BCUT2D eigenvalue weighted by Gasteiger charge is 2.25. The van der Waals surface area contributed by atoms with Gasteiger partial charge in [-0.1, -0.05) is 15.9 Å². The Hall–Kier alpha value is -1.88. The van der Waals surface area contributed by atoms with Crippen molar-refractivity contribution in [1.82, 2.24) is 9.88 Å². The predicted octanol–water partition coefficient (Wildman–Crippen LogP) is 3.53. The van der Waals surface area contributed by atoms with Crippen molar-refractivity contribution in [3.8, 4) is 5.75 Å². The van der Waals surface area contributed by atoms with Gasteiger partial charge in [-0.2, -0.15) is 0 Å². The molecular formula is C17H17BrN2O2. The Balaban J connectivity index is 1.65. The van der Waals surface area contributed by atoms with E-state index in [1.165, 1.54) is 0 Å². The van der Waals surface area contributed by atoms with Crippen LogP contribution in [-0.2, 0) is 0 Å². The summed E-state index contributed by atoms with van der Waals surface area (Å²) < 4.78 is 6.92. The summed E-state index contributed by atoms with van der Waals surface area (Å²) >= 11 is 3.39. The van der Waals surface area contributed by atoms with Gasteiger partial charge in [0.1, 0.15) is 11.9 Å². The third-order valence-corrected chi connectivity index (χ3v) is 4.24. The van der Waals surface area contributed by atoms with Gasteiger partial charge in [0.05, 0.1) is 6.54 Å². The Bertz CT molecular complexity index is 631. The van der Waals surface area contributed by atoms with E-state index in [0.717, 1.165) is 29.6 Å². The van der Waals surface area contributed by atoms with Crippen LogP contribution in [0.25, 0.3) is 0 Å². The molecular weight excluding hydrogens is 344 g/mol. The highest BCUT2D eigenvalue weighted by molar-refractivity contribution is 9.10. The molecule has 2 heterocycles. The van der Waals surface area contributed by atoms with Gasteiger partial charge in [-0.25, -0.2) is 0 Å². The van der Waals surface area contributed by atoms with Crippen LogP contribution in [0.5, 0.6) is 5.75 Å². The molecule has 5 heteroatoms. The number of rotatable bonds is 3. The van der Waals surface area contributed by atoms with E-state index in [4.69, 9.17) is 4.74 Å². The molecule has 0 aliphatic carbocycles. The Morgan fingerprint density at radius 2 is 1.91 bits per heavy atom. The van der Waals surface area contributed by atoms with Crippen molar-refractivity contribution in [3.63, 3.8) is 0 Å². The molecule has 3 rings (SSSR count). The Kier molecular flexibility index (Phi) is 4.73. The second-order valence-corrected chi connectivity index (χ2v) is 6.24. The summed E-state index contributed by atoms with van der Waals surface area (Å²) in [4.78, 5) is 18.4. The number of pyridine rings is 1. The number of carbonyl (C=O) groups excluding carboxylic acids is 1. The van der Waals surface area contributed by atoms with E-state index in [9.17, 15) is 4.79 Å². The monoisotopic (exact) mass is 360 g/mol. The number of halogens is 1. The van der Waals surface area contributed by atoms with Crippen LogP contribution < -0.4 is 4.74 Å². The van der Waals surface area contributed by atoms with Gasteiger partial charge in [-0.15, -0.1) is 0 Å². The first-order valence-electron chi connectivity index (χ1n) is 7.34. The number of amides is 1. The van der Waals surface area contributed by atoms with Gasteiger partial charge in [0.15, 0.2) is 0 Å². The van der Waals surface area contributed by atoms with Crippen LogP contribution in [0, 0.1) is 0 Å². The zero-order valence-corrected chi connectivity index (χ0v) is 13.7. The standard InChI is InChI=1S/C17H17BrN2O2/c18-14-5-3-13(4-6-14)17(21)20-11-1-2-16(12-20)22-15-7-9-19-10-8-15/h3-10,16H,1-2,11-12H2. The summed E-state index contributed by atoms with van der Waals surface area (Å²) in [5, 5.41) is 0. The van der Waals surface area contributed by atoms with Crippen LogP contribution in [0.1, 0.15) is 23.2 Å². The molecule has 0 saturated carbocycles. The molecule has 1 aliphatic rings. The molecule has 1 amide bonds. The fraction of sp³-hybridized carbons (Fsp3) is 0.294. The molecule has 22 heavy (non-hydrogen) atoms. The maximum Gasteiger partial charge on any atom is 0.253 e. The van der Waals surface area contributed by atoms with E-state index in [2.05, 4.69) is 20.9 Å². The number of aromatic nitrogens is 1. The van der Waals surface area contributed by atoms with Crippen LogP contribution in [0.2, 0.25) is 0 Å². The van der Waals surface area contributed by atoms with Gasteiger partial charge in [0.25, 0.3) is 5.91 Å². The lowest BCUT2D eigenvalue weighted by atomic mass is 10.1. The Morgan fingerprint density at radius 3 is 2.64 bits per heavy atom. The molecule has 1 atom stereocenters. The van der Waals surface area contributed by atoms with E-state index in [1.807, 2.05) is 41.3 Å². The third kappa shape index (κ3) is 3.65. The lowest BCUT2D eigenvalue weighted by Gasteiger charge is -2.33. The highest BCUT2D eigenvalue weighted by atomic mass is 79.9. The molecule has 1 fully saturated rings. The smallest absolute Gasteiger partial charge is 0.253 e. The first-order chi connectivity index (χ1) is 10.7. The summed E-state index contributed by atoms with van der Waals surface area (Å²) in [6.07, 6.45) is 5.38. The minimum absolute atomic E-state index is 0.0375. The molecule has 1 aromatic heterocycles. The normalized spacial score (nSPS) is 18.0. The van der Waals surface area contributed by atoms with Crippen LogP contribution in [0.15, 0.2) is 53.3 Å². The fourth-order valence-electron chi connectivity index (χ4n) is 2.60. The summed E-state index contributed by atoms with van der Waals surface area (Å²) in [6.45, 7) is 1.41. The molecule has 4 nitrogen and oxygen atoms in total. The zero-order valence-electron chi connectivity index (χ0n) is 12.1. The second kappa shape index (κ2) is 6.92. The van der Waals surface area contributed by atoms with E-state index in [0.29, 0.717) is 12.1 Å². The van der Waals surface area contributed by atoms with E-state index in [1.54, 1.807) is 12.4 Å².